The molecule has 80 valence electrons. The molecule has 0 bridgehead atoms. The van der Waals surface area contributed by atoms with Gasteiger partial charge in [0.05, 0.1) is 5.02 Å². The molecule has 0 aliphatic rings. The quantitative estimate of drug-likeness (QED) is 0.853. The molecule has 15 heavy (non-hydrogen) atoms. The predicted octanol–water partition coefficient (Wildman–Crippen LogP) is 3.86. The van der Waals surface area contributed by atoms with Crippen molar-refractivity contribution < 1.29 is 14.3 Å². The van der Waals surface area contributed by atoms with Crippen LogP contribution in [0.5, 0.6) is 0 Å². The Balaban J connectivity index is 0.00000112. The zero-order valence-electron chi connectivity index (χ0n) is 7.16. The average Bonchev–Trinajstić information content (AvgIpc) is 2.47. The van der Waals surface area contributed by atoms with Gasteiger partial charge in [-0.3, -0.25) is 0 Å². The van der Waals surface area contributed by atoms with Gasteiger partial charge in [0, 0.05) is 10.4 Å². The van der Waals surface area contributed by atoms with Crippen LogP contribution in [0.1, 0.15) is 10.6 Å². The normalized spacial score (nSPS) is 10.0. The molecule has 1 aromatic heterocycles. The second kappa shape index (κ2) is 4.31. The molecule has 3 nitrogen and oxygen atoms in total. The zero-order valence-corrected chi connectivity index (χ0v) is 9.49. The fourth-order valence-electron chi connectivity index (χ4n) is 1.18. The summed E-state index contributed by atoms with van der Waals surface area (Å²) in [5.74, 6) is -1.28. The third-order valence-corrected chi connectivity index (χ3v) is 2.25. The monoisotopic (exact) mass is 266 g/mol. The van der Waals surface area contributed by atoms with E-state index in [2.05, 4.69) is 0 Å². The van der Waals surface area contributed by atoms with Crippen molar-refractivity contribution in [3.05, 3.63) is 34.0 Å². The lowest BCUT2D eigenvalue weighted by atomic mass is 10.2. The van der Waals surface area contributed by atoms with Crippen LogP contribution < -0.4 is 0 Å². The number of carboxylic acid groups (broad SMARTS) is 1. The number of fused-ring (bicyclic) bond motifs is 1. The standard InChI is InChI=1S/C9H4Cl2O3.ClH/c10-5-1-4-2-7(9(12)13)14-8(4)6(11)3-5;/h1-3H,(H,12,13);1H. The first kappa shape index (κ1) is 12.2. The van der Waals surface area contributed by atoms with Gasteiger partial charge in [0.1, 0.15) is 0 Å². The topological polar surface area (TPSA) is 50.4 Å². The van der Waals surface area contributed by atoms with E-state index in [9.17, 15) is 4.79 Å². The lowest BCUT2D eigenvalue weighted by Gasteiger charge is -1.92. The van der Waals surface area contributed by atoms with E-state index in [0.717, 1.165) is 0 Å². The highest BCUT2D eigenvalue weighted by atomic mass is 35.5. The Kier molecular flexibility index (Phi) is 3.50. The predicted molar refractivity (Wildman–Crippen MR) is 60.4 cm³/mol. The highest BCUT2D eigenvalue weighted by Crippen LogP contribution is 2.30. The molecule has 0 saturated heterocycles. The van der Waals surface area contributed by atoms with E-state index in [1.807, 2.05) is 0 Å². The molecule has 2 rings (SSSR count). The van der Waals surface area contributed by atoms with Gasteiger partial charge in [-0.2, -0.15) is 0 Å². The SMILES string of the molecule is Cl.O=C(O)c1cc2cc(Cl)cc(Cl)c2o1. The van der Waals surface area contributed by atoms with E-state index in [0.29, 0.717) is 21.0 Å². The molecule has 0 unspecified atom stereocenters. The van der Waals surface area contributed by atoms with Gasteiger partial charge < -0.3 is 9.52 Å². The van der Waals surface area contributed by atoms with Crippen molar-refractivity contribution in [1.82, 2.24) is 0 Å². The van der Waals surface area contributed by atoms with E-state index < -0.39 is 5.97 Å². The largest absolute Gasteiger partial charge is 0.475 e. The highest BCUT2D eigenvalue weighted by Gasteiger charge is 2.13. The Labute approximate surface area is 101 Å². The van der Waals surface area contributed by atoms with E-state index in [1.54, 1.807) is 6.07 Å². The van der Waals surface area contributed by atoms with E-state index in [-0.39, 0.29) is 18.2 Å². The number of hydrogen-bond acceptors (Lipinski definition) is 2. The van der Waals surface area contributed by atoms with Crippen LogP contribution in [-0.4, -0.2) is 11.1 Å². The Hall–Kier alpha value is -0.900. The number of carboxylic acids is 1. The minimum Gasteiger partial charge on any atom is -0.475 e. The van der Waals surface area contributed by atoms with Crippen LogP contribution in [0, 0.1) is 0 Å². The Morgan fingerprint density at radius 3 is 2.53 bits per heavy atom. The maximum atomic E-state index is 10.6. The summed E-state index contributed by atoms with van der Waals surface area (Å²) in [6.07, 6.45) is 0. The average molecular weight is 267 g/mol. The molecular weight excluding hydrogens is 262 g/mol. The molecule has 0 spiro atoms. The minimum atomic E-state index is -1.13. The smallest absolute Gasteiger partial charge is 0.371 e. The van der Waals surface area contributed by atoms with Crippen molar-refractivity contribution in [2.24, 2.45) is 0 Å². The summed E-state index contributed by atoms with van der Waals surface area (Å²) in [7, 11) is 0. The second-order valence-corrected chi connectivity index (χ2v) is 3.57. The second-order valence-electron chi connectivity index (χ2n) is 2.72. The van der Waals surface area contributed by atoms with Crippen molar-refractivity contribution in [3.8, 4) is 0 Å². The lowest BCUT2D eigenvalue weighted by Crippen LogP contribution is -1.91. The number of carbonyl (C=O) groups is 1. The molecule has 1 aromatic carbocycles. The van der Waals surface area contributed by atoms with E-state index in [1.165, 1.54) is 12.1 Å². The van der Waals surface area contributed by atoms with E-state index in [4.69, 9.17) is 32.7 Å². The summed E-state index contributed by atoms with van der Waals surface area (Å²) in [6.45, 7) is 0. The van der Waals surface area contributed by atoms with Gasteiger partial charge >= 0.3 is 5.97 Å². The molecule has 0 radical (unpaired) electrons. The van der Waals surface area contributed by atoms with Crippen molar-refractivity contribution >= 4 is 52.5 Å². The maximum Gasteiger partial charge on any atom is 0.371 e. The number of halogens is 3. The van der Waals surface area contributed by atoms with Gasteiger partial charge in [-0.05, 0) is 18.2 Å². The van der Waals surface area contributed by atoms with Gasteiger partial charge in [-0.15, -0.1) is 12.4 Å². The lowest BCUT2D eigenvalue weighted by molar-refractivity contribution is 0.0665. The Bertz CT molecular complexity index is 519. The van der Waals surface area contributed by atoms with Crippen LogP contribution in [0.4, 0.5) is 0 Å². The first-order valence-electron chi connectivity index (χ1n) is 3.70. The third kappa shape index (κ3) is 2.20. The number of furan rings is 1. The molecule has 2 aromatic rings. The first-order valence-corrected chi connectivity index (χ1v) is 4.45. The van der Waals surface area contributed by atoms with Crippen molar-refractivity contribution in [1.29, 1.82) is 0 Å². The van der Waals surface area contributed by atoms with E-state index >= 15 is 0 Å². The third-order valence-electron chi connectivity index (χ3n) is 1.75. The maximum absolute atomic E-state index is 10.6. The minimum absolute atomic E-state index is 0. The summed E-state index contributed by atoms with van der Waals surface area (Å²) in [4.78, 5) is 10.6. The Morgan fingerprint density at radius 1 is 1.27 bits per heavy atom. The van der Waals surface area contributed by atoms with Crippen LogP contribution in [0.25, 0.3) is 11.0 Å². The van der Waals surface area contributed by atoms with Gasteiger partial charge in [0.15, 0.2) is 5.58 Å². The number of aromatic carboxylic acids is 1. The number of hydrogen-bond donors (Lipinski definition) is 1. The van der Waals surface area contributed by atoms with Crippen LogP contribution in [0.3, 0.4) is 0 Å². The summed E-state index contributed by atoms with van der Waals surface area (Å²) in [5.41, 5.74) is 0.341. The van der Waals surface area contributed by atoms with Crippen molar-refractivity contribution in [2.75, 3.05) is 0 Å². The molecule has 0 aliphatic carbocycles. The molecule has 0 saturated carbocycles. The molecule has 0 aliphatic heterocycles. The molecule has 1 heterocycles. The van der Waals surface area contributed by atoms with Crippen molar-refractivity contribution in [3.63, 3.8) is 0 Å². The number of rotatable bonds is 1. The van der Waals surface area contributed by atoms with Gasteiger partial charge in [0.25, 0.3) is 0 Å². The van der Waals surface area contributed by atoms with Gasteiger partial charge in [-0.1, -0.05) is 23.2 Å². The molecular formula is C9H5Cl3O3. The van der Waals surface area contributed by atoms with Crippen molar-refractivity contribution in [2.45, 2.75) is 0 Å². The summed E-state index contributed by atoms with van der Waals surface area (Å²) in [5, 5.41) is 10.0. The summed E-state index contributed by atoms with van der Waals surface area (Å²) >= 11 is 11.5. The fourth-order valence-corrected chi connectivity index (χ4v) is 1.73. The first-order chi connectivity index (χ1) is 6.58. The molecule has 6 heteroatoms. The number of benzene rings is 1. The summed E-state index contributed by atoms with van der Waals surface area (Å²) < 4.78 is 5.03. The van der Waals surface area contributed by atoms with Crippen LogP contribution in [-0.2, 0) is 0 Å². The van der Waals surface area contributed by atoms with Crippen LogP contribution in [0.2, 0.25) is 10.0 Å². The van der Waals surface area contributed by atoms with Gasteiger partial charge in [-0.25, -0.2) is 4.79 Å². The molecule has 1 N–H and O–H groups in total. The van der Waals surface area contributed by atoms with Gasteiger partial charge in [0.2, 0.25) is 5.76 Å². The Morgan fingerprint density at radius 2 is 1.93 bits per heavy atom. The molecule has 0 fully saturated rings. The molecule has 0 atom stereocenters. The fraction of sp³-hybridized carbons (Fsp3) is 0. The zero-order chi connectivity index (χ0) is 10.3. The summed E-state index contributed by atoms with van der Waals surface area (Å²) in [6, 6.07) is 4.48. The van der Waals surface area contributed by atoms with Crippen LogP contribution >= 0.6 is 35.6 Å². The molecule has 0 amide bonds. The highest BCUT2D eigenvalue weighted by molar-refractivity contribution is 6.38. The van der Waals surface area contributed by atoms with Crippen LogP contribution in [0.15, 0.2) is 22.6 Å².